The van der Waals surface area contributed by atoms with Gasteiger partial charge >= 0.3 is 6.18 Å². The van der Waals surface area contributed by atoms with E-state index in [1.165, 1.54) is 0 Å². The van der Waals surface area contributed by atoms with Gasteiger partial charge in [0.25, 0.3) is 0 Å². The van der Waals surface area contributed by atoms with Crippen LogP contribution in [0.4, 0.5) is 13.2 Å². The van der Waals surface area contributed by atoms with Gasteiger partial charge in [-0.15, -0.1) is 35.3 Å². The van der Waals surface area contributed by atoms with Gasteiger partial charge in [0.1, 0.15) is 17.4 Å². The highest BCUT2D eigenvalue weighted by Crippen LogP contribution is 2.29. The van der Waals surface area contributed by atoms with Crippen molar-refractivity contribution in [1.29, 1.82) is 0 Å². The number of alkyl halides is 3. The van der Waals surface area contributed by atoms with Gasteiger partial charge in [0.15, 0.2) is 11.7 Å². The Morgan fingerprint density at radius 3 is 2.61 bits per heavy atom. The number of guanidine groups is 1. The van der Waals surface area contributed by atoms with Crippen LogP contribution in [0.25, 0.3) is 0 Å². The largest absolute Gasteiger partial charge is 0.491 e. The van der Waals surface area contributed by atoms with Gasteiger partial charge in [0.2, 0.25) is 0 Å². The lowest BCUT2D eigenvalue weighted by molar-refractivity contribution is -0.140. The predicted octanol–water partition coefficient (Wildman–Crippen LogP) is 3.67. The lowest BCUT2D eigenvalue weighted by atomic mass is 10.2. The average molecular weight is 530 g/mol. The monoisotopic (exact) mass is 530 g/mol. The maximum absolute atomic E-state index is 12.6. The molecule has 0 unspecified atom stereocenters. The molecule has 0 aliphatic rings. The first-order chi connectivity index (χ1) is 12.9. The Bertz CT molecular complexity index is 756. The van der Waals surface area contributed by atoms with Gasteiger partial charge in [-0.3, -0.25) is 4.99 Å². The third kappa shape index (κ3) is 8.19. The molecule has 0 saturated heterocycles. The molecule has 2 N–H and O–H groups in total. The van der Waals surface area contributed by atoms with E-state index in [2.05, 4.69) is 20.6 Å². The molecule has 0 aliphatic heterocycles. The van der Waals surface area contributed by atoms with Gasteiger partial charge in [-0.05, 0) is 17.7 Å². The third-order valence-electron chi connectivity index (χ3n) is 3.39. The summed E-state index contributed by atoms with van der Waals surface area (Å²) in [5, 5.41) is 7.38. The first kappa shape index (κ1) is 24.4. The number of aromatic nitrogens is 1. The summed E-state index contributed by atoms with van der Waals surface area (Å²) in [6.45, 7) is 1.60. The first-order valence-electron chi connectivity index (χ1n) is 8.09. The molecule has 0 bridgehead atoms. The minimum atomic E-state index is -4.43. The molecule has 6 nitrogen and oxygen atoms in total. The highest BCUT2D eigenvalue weighted by molar-refractivity contribution is 14.0. The molecule has 0 aliphatic carbocycles. The van der Waals surface area contributed by atoms with Crippen molar-refractivity contribution in [2.24, 2.45) is 4.99 Å². The fraction of sp³-hybridized carbons (Fsp3) is 0.412. The Hall–Kier alpha value is -1.60. The molecule has 11 heteroatoms. The number of nitrogens with zero attached hydrogens (tertiary/aromatic N) is 2. The van der Waals surface area contributed by atoms with Crippen LogP contribution in [0, 0.1) is 0 Å². The van der Waals surface area contributed by atoms with E-state index in [4.69, 9.17) is 9.47 Å². The molecule has 0 amide bonds. The van der Waals surface area contributed by atoms with E-state index < -0.39 is 11.9 Å². The van der Waals surface area contributed by atoms with Crippen molar-refractivity contribution >= 4 is 41.3 Å². The summed E-state index contributed by atoms with van der Waals surface area (Å²) in [5.41, 5.74) is 0.0963. The van der Waals surface area contributed by atoms with E-state index in [0.717, 1.165) is 28.0 Å². The Kier molecular flexibility index (Phi) is 10.5. The van der Waals surface area contributed by atoms with Gasteiger partial charge in [-0.1, -0.05) is 12.1 Å². The SMILES string of the molecule is CN=C(NCc1cccc(OCCOC)c1)NCc1nc(C(F)(F)F)cs1.I. The van der Waals surface area contributed by atoms with Gasteiger partial charge in [-0.2, -0.15) is 13.2 Å². The number of benzene rings is 1. The number of thiazole rings is 1. The van der Waals surface area contributed by atoms with Crippen molar-refractivity contribution in [2.45, 2.75) is 19.3 Å². The molecule has 0 saturated carbocycles. The van der Waals surface area contributed by atoms with Crippen LogP contribution in [0.1, 0.15) is 16.3 Å². The number of rotatable bonds is 8. The smallest absolute Gasteiger partial charge is 0.434 e. The van der Waals surface area contributed by atoms with Crippen LogP contribution in [-0.2, 0) is 24.0 Å². The number of halogens is 4. The standard InChI is InChI=1S/C17H21F3N4O2S.HI/c1-21-16(23-10-15-24-14(11-27-15)17(18,19)20)22-9-12-4-3-5-13(8-12)26-7-6-25-2;/h3-5,8,11H,6-7,9-10H2,1-2H3,(H2,21,22,23);1H. The van der Waals surface area contributed by atoms with E-state index in [9.17, 15) is 13.2 Å². The van der Waals surface area contributed by atoms with Crippen molar-refractivity contribution in [3.63, 3.8) is 0 Å². The third-order valence-corrected chi connectivity index (χ3v) is 4.24. The van der Waals surface area contributed by atoms with Crippen LogP contribution >= 0.6 is 35.3 Å². The predicted molar refractivity (Wildman–Crippen MR) is 113 cm³/mol. The van der Waals surface area contributed by atoms with Crippen LogP contribution in [0.3, 0.4) is 0 Å². The molecule has 1 heterocycles. The highest BCUT2D eigenvalue weighted by Gasteiger charge is 2.33. The Morgan fingerprint density at radius 1 is 1.21 bits per heavy atom. The normalized spacial score (nSPS) is 11.7. The van der Waals surface area contributed by atoms with E-state index in [1.807, 2.05) is 24.3 Å². The van der Waals surface area contributed by atoms with Crippen molar-refractivity contribution in [2.75, 3.05) is 27.4 Å². The molecule has 2 aromatic rings. The molecular formula is C17H22F3IN4O2S. The van der Waals surface area contributed by atoms with Gasteiger partial charge in [-0.25, -0.2) is 4.98 Å². The number of ether oxygens (including phenoxy) is 2. The molecule has 1 aromatic carbocycles. The average Bonchev–Trinajstić information content (AvgIpc) is 3.12. The zero-order chi connectivity index (χ0) is 19.7. The van der Waals surface area contributed by atoms with Crippen LogP contribution in [0.2, 0.25) is 0 Å². The number of aliphatic imine (C=N–C) groups is 1. The fourth-order valence-corrected chi connectivity index (χ4v) is 2.82. The van der Waals surface area contributed by atoms with Crippen molar-refractivity contribution in [3.8, 4) is 5.75 Å². The van der Waals surface area contributed by atoms with E-state index in [1.54, 1.807) is 14.2 Å². The minimum Gasteiger partial charge on any atom is -0.491 e. The fourth-order valence-electron chi connectivity index (χ4n) is 2.08. The molecule has 0 atom stereocenters. The molecule has 28 heavy (non-hydrogen) atoms. The second-order valence-electron chi connectivity index (χ2n) is 5.39. The van der Waals surface area contributed by atoms with Crippen LogP contribution in [0.5, 0.6) is 5.75 Å². The molecule has 1 aromatic heterocycles. The summed E-state index contributed by atoms with van der Waals surface area (Å²) in [4.78, 5) is 7.63. The first-order valence-corrected chi connectivity index (χ1v) is 8.97. The van der Waals surface area contributed by atoms with Gasteiger partial charge in [0, 0.05) is 26.1 Å². The summed E-state index contributed by atoms with van der Waals surface area (Å²) < 4.78 is 48.2. The second-order valence-corrected chi connectivity index (χ2v) is 6.33. The molecule has 0 fully saturated rings. The quantitative estimate of drug-likeness (QED) is 0.236. The zero-order valence-electron chi connectivity index (χ0n) is 15.4. The summed E-state index contributed by atoms with van der Waals surface area (Å²) in [6, 6.07) is 7.56. The lowest BCUT2D eigenvalue weighted by Gasteiger charge is -2.12. The van der Waals surface area contributed by atoms with Crippen molar-refractivity contribution in [1.82, 2.24) is 15.6 Å². The molecule has 0 spiro atoms. The Labute approximate surface area is 182 Å². The number of nitrogens with one attached hydrogen (secondary N) is 2. The van der Waals surface area contributed by atoms with Crippen molar-refractivity contribution < 1.29 is 22.6 Å². The highest BCUT2D eigenvalue weighted by atomic mass is 127. The number of hydrogen-bond donors (Lipinski definition) is 2. The summed E-state index contributed by atoms with van der Waals surface area (Å²) in [5.74, 6) is 1.20. The molecule has 0 radical (unpaired) electrons. The van der Waals surface area contributed by atoms with Gasteiger partial charge < -0.3 is 20.1 Å². The number of hydrogen-bond acceptors (Lipinski definition) is 5. The van der Waals surface area contributed by atoms with Crippen LogP contribution in [0.15, 0.2) is 34.6 Å². The second kappa shape index (κ2) is 12.1. The maximum Gasteiger partial charge on any atom is 0.434 e. The minimum absolute atomic E-state index is 0. The summed E-state index contributed by atoms with van der Waals surface area (Å²) >= 11 is 0.952. The summed E-state index contributed by atoms with van der Waals surface area (Å²) in [6.07, 6.45) is -4.43. The van der Waals surface area contributed by atoms with E-state index >= 15 is 0 Å². The van der Waals surface area contributed by atoms with E-state index in [0.29, 0.717) is 30.7 Å². The summed E-state index contributed by atoms with van der Waals surface area (Å²) in [7, 11) is 3.20. The van der Waals surface area contributed by atoms with Gasteiger partial charge in [0.05, 0.1) is 13.2 Å². The molecule has 156 valence electrons. The lowest BCUT2D eigenvalue weighted by Crippen LogP contribution is -2.36. The topological polar surface area (TPSA) is 67.8 Å². The van der Waals surface area contributed by atoms with Crippen LogP contribution in [-0.4, -0.2) is 38.3 Å². The Balaban J connectivity index is 0.00000392. The van der Waals surface area contributed by atoms with Crippen LogP contribution < -0.4 is 15.4 Å². The zero-order valence-corrected chi connectivity index (χ0v) is 18.5. The molecule has 2 rings (SSSR count). The van der Waals surface area contributed by atoms with E-state index in [-0.39, 0.29) is 30.5 Å². The Morgan fingerprint density at radius 2 is 1.96 bits per heavy atom. The molecular weight excluding hydrogens is 508 g/mol. The van der Waals surface area contributed by atoms with Crippen molar-refractivity contribution in [3.05, 3.63) is 45.9 Å². The number of methoxy groups -OCH3 is 1. The maximum atomic E-state index is 12.6.